The van der Waals surface area contributed by atoms with Crippen LogP contribution in [0, 0.1) is 0 Å². The predicted octanol–water partition coefficient (Wildman–Crippen LogP) is -1.64. The quantitative estimate of drug-likeness (QED) is 0.385. The van der Waals surface area contributed by atoms with E-state index in [9.17, 15) is 13.2 Å². The molecular weight excluding hydrogens is 184 g/mol. The van der Waals surface area contributed by atoms with Crippen molar-refractivity contribution in [1.29, 1.82) is 0 Å². The van der Waals surface area contributed by atoms with Gasteiger partial charge in [-0.15, -0.1) is 0 Å². The highest BCUT2D eigenvalue weighted by molar-refractivity contribution is 7.83. The summed E-state index contributed by atoms with van der Waals surface area (Å²) >= 11 is 0. The number of nitrogens with zero attached hydrogens (tertiary/aromatic N) is 1. The molecule has 0 unspecified atom stereocenters. The molecule has 2 rings (SSSR count). The molecule has 0 aromatic carbocycles. The van der Waals surface area contributed by atoms with Crippen molar-refractivity contribution in [3.05, 3.63) is 0 Å². The van der Waals surface area contributed by atoms with Crippen LogP contribution in [0.2, 0.25) is 0 Å². The van der Waals surface area contributed by atoms with Crippen LogP contribution in [0.25, 0.3) is 0 Å². The molecule has 0 aromatic rings. The van der Waals surface area contributed by atoms with Gasteiger partial charge in [0.25, 0.3) is 0 Å². The summed E-state index contributed by atoms with van der Waals surface area (Å²) in [6, 6.07) is -0.764. The fourth-order valence-corrected chi connectivity index (χ4v) is 2.53. The van der Waals surface area contributed by atoms with Gasteiger partial charge >= 0.3 is 10.3 Å². The van der Waals surface area contributed by atoms with Gasteiger partial charge in [0.15, 0.2) is 0 Å². The fourth-order valence-electron chi connectivity index (χ4n) is 1.66. The third-order valence-electron chi connectivity index (χ3n) is 2.24. The highest BCUT2D eigenvalue weighted by atomic mass is 32.2. The first kappa shape index (κ1) is 7.96. The third kappa shape index (κ3) is 0.936. The molecule has 2 heterocycles. The molecule has 0 saturated carbocycles. The zero-order valence-electron chi connectivity index (χ0n) is 6.10. The minimum atomic E-state index is -4.19. The second-order valence-corrected chi connectivity index (χ2v) is 4.30. The van der Waals surface area contributed by atoms with Gasteiger partial charge in [0, 0.05) is 6.54 Å². The second-order valence-electron chi connectivity index (χ2n) is 2.94. The van der Waals surface area contributed by atoms with E-state index in [0.29, 0.717) is 6.42 Å². The number of amides is 1. The van der Waals surface area contributed by atoms with Crippen molar-refractivity contribution >= 4 is 16.2 Å². The second kappa shape index (κ2) is 2.18. The number of hydrogen-bond donors (Lipinski definition) is 2. The van der Waals surface area contributed by atoms with Crippen molar-refractivity contribution in [1.82, 2.24) is 9.62 Å². The minimum absolute atomic E-state index is 0.0978. The van der Waals surface area contributed by atoms with Crippen LogP contribution in [0.15, 0.2) is 0 Å². The Bertz CT molecular complexity index is 324. The maximum absolute atomic E-state index is 10.8. The van der Waals surface area contributed by atoms with Gasteiger partial charge in [0.05, 0.1) is 6.04 Å². The largest absolute Gasteiger partial charge is 0.350 e. The number of fused-ring (bicyclic) bond motifs is 1. The molecule has 0 aromatic heterocycles. The SMILES string of the molecule is O=C1N[C@@H]2CCN(S(=O)(=O)O)[C@H]12. The van der Waals surface area contributed by atoms with Crippen LogP contribution in [-0.2, 0) is 15.1 Å². The first-order valence-corrected chi connectivity index (χ1v) is 4.94. The Hall–Kier alpha value is -0.660. The standard InChI is InChI=1S/C5H8N2O4S/c8-5-4-3(6-5)1-2-7(4)12(9,10)11/h3-4H,1-2H2,(H,6,8)(H,9,10,11)/t3-,4+/m1/s1. The van der Waals surface area contributed by atoms with Crippen LogP contribution >= 0.6 is 0 Å². The van der Waals surface area contributed by atoms with Crippen molar-refractivity contribution in [2.75, 3.05) is 6.54 Å². The van der Waals surface area contributed by atoms with E-state index in [2.05, 4.69) is 5.32 Å². The summed E-state index contributed by atoms with van der Waals surface area (Å²) < 4.78 is 30.8. The lowest BCUT2D eigenvalue weighted by Gasteiger charge is -2.33. The topological polar surface area (TPSA) is 86.7 Å². The number of β-lactam (4-membered cyclic amide) rings is 1. The zero-order valence-corrected chi connectivity index (χ0v) is 6.91. The van der Waals surface area contributed by atoms with E-state index in [-0.39, 0.29) is 18.5 Å². The van der Waals surface area contributed by atoms with Gasteiger partial charge in [-0.3, -0.25) is 9.35 Å². The predicted molar refractivity (Wildman–Crippen MR) is 38.6 cm³/mol. The van der Waals surface area contributed by atoms with E-state index in [0.717, 1.165) is 4.31 Å². The number of carbonyl (C=O) groups excluding carboxylic acids is 1. The van der Waals surface area contributed by atoms with E-state index in [1.807, 2.05) is 0 Å². The Morgan fingerprint density at radius 3 is 2.67 bits per heavy atom. The van der Waals surface area contributed by atoms with E-state index in [4.69, 9.17) is 4.55 Å². The molecule has 0 spiro atoms. The lowest BCUT2D eigenvalue weighted by Crippen LogP contribution is -2.64. The first-order valence-electron chi connectivity index (χ1n) is 3.55. The van der Waals surface area contributed by atoms with Crippen LogP contribution in [0.5, 0.6) is 0 Å². The van der Waals surface area contributed by atoms with Crippen molar-refractivity contribution < 1.29 is 17.8 Å². The molecule has 0 radical (unpaired) electrons. The molecule has 1 amide bonds. The van der Waals surface area contributed by atoms with Gasteiger partial charge in [-0.25, -0.2) is 0 Å². The molecule has 12 heavy (non-hydrogen) atoms. The summed E-state index contributed by atoms with van der Waals surface area (Å²) in [6.07, 6.45) is 0.580. The Balaban J connectivity index is 2.25. The first-order chi connectivity index (χ1) is 5.50. The Morgan fingerprint density at radius 2 is 2.25 bits per heavy atom. The van der Waals surface area contributed by atoms with Gasteiger partial charge in [-0.2, -0.15) is 12.7 Å². The van der Waals surface area contributed by atoms with Crippen molar-refractivity contribution in [2.45, 2.75) is 18.5 Å². The average Bonchev–Trinajstić information content (AvgIpc) is 2.24. The average molecular weight is 192 g/mol. The zero-order chi connectivity index (χ0) is 8.93. The Morgan fingerprint density at radius 1 is 1.58 bits per heavy atom. The summed E-state index contributed by atoms with van der Waals surface area (Å²) in [6.45, 7) is 0.215. The van der Waals surface area contributed by atoms with E-state index in [1.54, 1.807) is 0 Å². The molecule has 2 saturated heterocycles. The van der Waals surface area contributed by atoms with E-state index in [1.165, 1.54) is 0 Å². The number of rotatable bonds is 1. The fraction of sp³-hybridized carbons (Fsp3) is 0.800. The monoisotopic (exact) mass is 192 g/mol. The molecule has 2 aliphatic rings. The number of hydrogen-bond acceptors (Lipinski definition) is 3. The summed E-state index contributed by atoms with van der Waals surface area (Å²) in [7, 11) is -4.19. The molecule has 2 aliphatic heterocycles. The lowest BCUT2D eigenvalue weighted by atomic mass is 10.0. The minimum Gasteiger partial charge on any atom is -0.350 e. The summed E-state index contributed by atoms with van der Waals surface area (Å²) in [5.41, 5.74) is 0. The van der Waals surface area contributed by atoms with Crippen LogP contribution < -0.4 is 5.32 Å². The van der Waals surface area contributed by atoms with Crippen molar-refractivity contribution in [3.63, 3.8) is 0 Å². The van der Waals surface area contributed by atoms with Crippen molar-refractivity contribution in [2.24, 2.45) is 0 Å². The third-order valence-corrected chi connectivity index (χ3v) is 3.25. The van der Waals surface area contributed by atoms with Crippen LogP contribution in [0.3, 0.4) is 0 Å². The van der Waals surface area contributed by atoms with E-state index < -0.39 is 16.3 Å². The smallest absolute Gasteiger partial charge is 0.336 e. The molecule has 2 N–H and O–H groups in total. The van der Waals surface area contributed by atoms with Gasteiger partial charge in [0.1, 0.15) is 6.04 Å². The summed E-state index contributed by atoms with van der Waals surface area (Å²) in [4.78, 5) is 10.8. The van der Waals surface area contributed by atoms with Gasteiger partial charge in [0.2, 0.25) is 5.91 Å². The van der Waals surface area contributed by atoms with Gasteiger partial charge < -0.3 is 5.32 Å². The lowest BCUT2D eigenvalue weighted by molar-refractivity contribution is -0.132. The Kier molecular flexibility index (Phi) is 1.45. The molecule has 68 valence electrons. The normalized spacial score (nSPS) is 35.6. The number of nitrogens with one attached hydrogen (secondary N) is 1. The maximum Gasteiger partial charge on any atom is 0.336 e. The van der Waals surface area contributed by atoms with Crippen LogP contribution in [0.1, 0.15) is 6.42 Å². The highest BCUT2D eigenvalue weighted by Gasteiger charge is 2.52. The molecular formula is C5H8N2O4S. The highest BCUT2D eigenvalue weighted by Crippen LogP contribution is 2.26. The van der Waals surface area contributed by atoms with Crippen molar-refractivity contribution in [3.8, 4) is 0 Å². The molecule has 6 nitrogen and oxygen atoms in total. The number of carbonyl (C=O) groups is 1. The molecule has 2 atom stereocenters. The van der Waals surface area contributed by atoms with Crippen LogP contribution in [0.4, 0.5) is 0 Å². The molecule has 0 aliphatic carbocycles. The van der Waals surface area contributed by atoms with Crippen LogP contribution in [-0.4, -0.2) is 41.8 Å². The summed E-state index contributed by atoms with van der Waals surface area (Å²) in [5, 5.41) is 2.55. The van der Waals surface area contributed by atoms with Gasteiger partial charge in [-0.05, 0) is 6.42 Å². The molecule has 0 bridgehead atoms. The maximum atomic E-state index is 10.8. The van der Waals surface area contributed by atoms with Gasteiger partial charge in [-0.1, -0.05) is 0 Å². The van der Waals surface area contributed by atoms with E-state index >= 15 is 0 Å². The molecule has 7 heteroatoms. The Labute approximate surface area is 69.4 Å². The molecule has 2 fully saturated rings. The summed E-state index contributed by atoms with van der Waals surface area (Å²) in [5.74, 6) is -0.324.